The average Bonchev–Trinajstić information content (AvgIpc) is 1.54. The molecule has 0 radical (unpaired) electrons. The van der Waals surface area contributed by atoms with E-state index in [1.807, 2.05) is 170 Å². The first-order chi connectivity index (χ1) is 65.0. The highest BCUT2D eigenvalue weighted by molar-refractivity contribution is 7.90. The number of fused-ring (bicyclic) bond motifs is 1. The summed E-state index contributed by atoms with van der Waals surface area (Å²) in [4.78, 5) is 7.53. The number of hydrogen-bond donors (Lipinski definition) is 4. The molecule has 0 bridgehead atoms. The van der Waals surface area contributed by atoms with Crippen LogP contribution in [-0.4, -0.2) is 179 Å². The minimum absolute atomic E-state index is 0.0158. The van der Waals surface area contributed by atoms with Crippen molar-refractivity contribution in [3.05, 3.63) is 325 Å². The Kier molecular flexibility index (Phi) is 33.7. The summed E-state index contributed by atoms with van der Waals surface area (Å²) in [6, 6.07) is 56.9. The fourth-order valence-electron chi connectivity index (χ4n) is 17.1. The average molecular weight is 1950 g/mol. The second-order valence-electron chi connectivity index (χ2n) is 35.6. The zero-order valence-electron chi connectivity index (χ0n) is 78.4. The van der Waals surface area contributed by atoms with Crippen molar-refractivity contribution in [1.82, 2.24) is 68.5 Å². The van der Waals surface area contributed by atoms with Crippen LogP contribution >= 0.6 is 0 Å². The van der Waals surface area contributed by atoms with E-state index < -0.39 is 69.1 Å². The molecule has 16 rings (SSSR count). The van der Waals surface area contributed by atoms with Gasteiger partial charge in [0.2, 0.25) is 40.1 Å². The van der Waals surface area contributed by atoms with Crippen LogP contribution < -0.4 is 20.6 Å². The number of halogens is 4. The summed E-state index contributed by atoms with van der Waals surface area (Å²) in [6.07, 6.45) is 11.3. The van der Waals surface area contributed by atoms with Crippen LogP contribution in [0.15, 0.2) is 226 Å². The zero-order chi connectivity index (χ0) is 98.4. The molecule has 0 saturated carbocycles. The van der Waals surface area contributed by atoms with Gasteiger partial charge in [0.05, 0.1) is 67.3 Å². The molecule has 30 nitrogen and oxygen atoms in total. The van der Waals surface area contributed by atoms with Gasteiger partial charge in [-0.15, -0.1) is 0 Å². The van der Waals surface area contributed by atoms with E-state index in [-0.39, 0.29) is 67.2 Å². The van der Waals surface area contributed by atoms with Crippen LogP contribution in [0.25, 0.3) is 22.7 Å². The molecule has 3 aliphatic rings. The molecule has 8 heterocycles. The summed E-state index contributed by atoms with van der Waals surface area (Å²) in [5, 5.41) is 52.8. The van der Waals surface area contributed by atoms with Crippen molar-refractivity contribution < 1.29 is 65.4 Å². The molecule has 3 unspecified atom stereocenters. The highest BCUT2D eigenvalue weighted by Crippen LogP contribution is 2.35. The Bertz CT molecular complexity index is 6960. The van der Waals surface area contributed by atoms with Gasteiger partial charge in [-0.3, -0.25) is 24.3 Å². The molecule has 38 heteroatoms. The molecule has 5 aromatic heterocycles. The predicted molar refractivity (Wildman–Crippen MR) is 513 cm³/mol. The highest BCUT2D eigenvalue weighted by Gasteiger charge is 2.47. The van der Waals surface area contributed by atoms with E-state index in [0.717, 1.165) is 186 Å². The summed E-state index contributed by atoms with van der Waals surface area (Å²) < 4.78 is 179. The van der Waals surface area contributed by atoms with Gasteiger partial charge in [0.15, 0.2) is 5.79 Å². The van der Waals surface area contributed by atoms with Crippen molar-refractivity contribution in [3.63, 3.8) is 0 Å². The van der Waals surface area contributed by atoms with Gasteiger partial charge in [-0.2, -0.15) is 30.8 Å². The molecule has 3 atom stereocenters. The van der Waals surface area contributed by atoms with Crippen LogP contribution in [-0.2, 0) is 120 Å². The molecule has 8 aromatic carbocycles. The van der Waals surface area contributed by atoms with Crippen LogP contribution in [0.5, 0.6) is 0 Å². The smallest absolute Gasteiger partial charge is 0.238 e. The molecule has 726 valence electrons. The van der Waals surface area contributed by atoms with Crippen LogP contribution in [0.3, 0.4) is 0 Å². The van der Waals surface area contributed by atoms with E-state index in [1.54, 1.807) is 14.0 Å². The number of benzene rings is 8. The number of sulfonamides is 4. The molecule has 3 aliphatic heterocycles. The number of unbranched alkanes of at least 4 members (excludes halogenated alkanes) is 1. The number of likely N-dealkylation sites (tertiary alicyclic amines) is 2. The largest absolute Gasteiger partial charge is 0.377 e. The van der Waals surface area contributed by atoms with Gasteiger partial charge in [-0.25, -0.2) is 90.5 Å². The first-order valence-electron chi connectivity index (χ1n) is 45.0. The number of nitrogens with zero attached hydrogens (tertiary/aromatic N) is 15. The van der Waals surface area contributed by atoms with Gasteiger partial charge in [0.25, 0.3) is 0 Å². The number of aromatic nitrogens is 10. The number of ether oxygens (including phenoxy) is 3. The number of nitriles is 1. The van der Waals surface area contributed by atoms with Gasteiger partial charge in [0, 0.05) is 126 Å². The van der Waals surface area contributed by atoms with Crippen molar-refractivity contribution in [2.45, 2.75) is 190 Å². The summed E-state index contributed by atoms with van der Waals surface area (Å²) in [5.41, 5.74) is 16.8. The minimum atomic E-state index is -4.02. The molecule has 8 N–H and O–H groups in total. The monoisotopic (exact) mass is 1950 g/mol. The maximum Gasteiger partial charge on any atom is 0.238 e. The lowest BCUT2D eigenvalue weighted by Gasteiger charge is -2.32. The predicted octanol–water partition coefficient (Wildman–Crippen LogP) is 13.4. The fraction of sp³-hybridized carbons (Fsp3) is 0.354. The molecular weight excluding hydrogens is 1840 g/mol. The minimum Gasteiger partial charge on any atom is -0.377 e. The second-order valence-corrected chi connectivity index (χ2v) is 41.9. The molecule has 0 aliphatic carbocycles. The van der Waals surface area contributed by atoms with Crippen LogP contribution in [0.1, 0.15) is 155 Å². The number of aryl methyl sites for hydroxylation is 5. The summed E-state index contributed by atoms with van der Waals surface area (Å²) in [5.74, 6) is -3.42. The van der Waals surface area contributed by atoms with Gasteiger partial charge in [-0.1, -0.05) is 140 Å². The lowest BCUT2D eigenvalue weighted by Crippen LogP contribution is -2.39. The van der Waals surface area contributed by atoms with Gasteiger partial charge in [0.1, 0.15) is 58.2 Å². The Morgan fingerprint density at radius 2 is 0.839 bits per heavy atom. The van der Waals surface area contributed by atoms with E-state index in [4.69, 9.17) is 45.0 Å². The molecule has 0 spiro atoms. The first-order valence-corrected chi connectivity index (χ1v) is 51.2. The standard InChI is InChI=1S/C26H33FN4O3S.C25H29FN4O4S.C24H27FN6O2S.C24H28FN5O2S/c1-3-12-34-23-8-5-11-30(18-23)17-21-15-22(14-20-7-4-6-19(2)13-20)31(29-21)26-10-9-24(16-25(26)27)35(28,32)33;1-16-5-4-6-17(9-16)10-19-11-18(13-29-14-23-24(15-29)34-25(2,3)33-23)28-30(19)22-8-7-20(12-21(22)26)35(27,31)32;1-17-5-4-6-18(9-17)10-21-11-20(16-29(2)14-19-13-27-30(3)15-19)28-31(21)24-8-7-22(12-23(24)25)34(26,32)33;1-3-4-11-29(12-10-26)17-20-15-21(14-19-7-5-6-18(2)13-19)30(28-20)24-9-8-22(16-23(24)25)33(27,31)32/h4,6-7,9-10,13,15-16,23H,3,5,8,11-12,14,17-18H2,1-2H3,(H2,28,32,33);4-9,11-12,23-24H,10,13-15H2,1-3H3,(H2,27,31,32);4-9,11-13,15H,10,14,16H2,1-3H3,(H2,26,32,33);5-9,13,15-16H,3-4,11-12,14,17H2,1-2H3,(H2,27,31,32). The quantitative estimate of drug-likeness (QED) is 0.0219. The topological polar surface area (TPSA) is 394 Å². The van der Waals surface area contributed by atoms with Gasteiger partial charge >= 0.3 is 0 Å². The molecule has 13 aromatic rings. The van der Waals surface area contributed by atoms with Crippen molar-refractivity contribution >= 4 is 40.1 Å². The summed E-state index contributed by atoms with van der Waals surface area (Å²) in [6.45, 7) is 24.1. The number of primary sulfonamides is 4. The van der Waals surface area contributed by atoms with Crippen molar-refractivity contribution in [2.24, 2.45) is 27.6 Å². The third-order valence-electron chi connectivity index (χ3n) is 23.2. The van der Waals surface area contributed by atoms with Gasteiger partial charge in [-0.05, 0) is 207 Å². The second kappa shape index (κ2) is 44.9. The molecule has 137 heavy (non-hydrogen) atoms. The Morgan fingerprint density at radius 1 is 0.474 bits per heavy atom. The SMILES string of the molecule is CCCCN(CC#N)Cc1cc(Cc2cccc(C)c2)n(-c2ccc(S(N)(=O)=O)cc2F)n1.CCCOC1CCCN(Cc2cc(Cc3cccc(C)c3)n(-c3ccc(S(N)(=O)=O)cc3F)n2)C1.Cc1cccc(Cc2cc(CN(C)Cc3cnn(C)c3)nn2-c2ccc(S(N)(=O)=O)cc2F)c1.Cc1cccc(Cc2cc(CN3CC4OC(C)(C)OC4C3)nn2-c2ccc(S(N)(=O)=O)cc2F)c1. The molecule has 3 saturated heterocycles. The number of hydrogen-bond acceptors (Lipinski definition) is 21. The normalized spacial score (nSPS) is 15.7. The fourth-order valence-corrected chi connectivity index (χ4v) is 19.2. The number of piperidine rings is 1. The summed E-state index contributed by atoms with van der Waals surface area (Å²) >= 11 is 0. The molecule has 3 fully saturated rings. The number of rotatable bonds is 33. The first kappa shape index (κ1) is 103. The van der Waals surface area contributed by atoms with E-state index in [1.165, 1.54) is 57.9 Å². The van der Waals surface area contributed by atoms with Crippen molar-refractivity contribution in [3.8, 4) is 28.8 Å². The lowest BCUT2D eigenvalue weighted by molar-refractivity contribution is -0.155. The van der Waals surface area contributed by atoms with Crippen LogP contribution in [0.2, 0.25) is 0 Å². The van der Waals surface area contributed by atoms with Crippen LogP contribution in [0.4, 0.5) is 17.6 Å². The maximum absolute atomic E-state index is 15.1. The van der Waals surface area contributed by atoms with Crippen LogP contribution in [0, 0.1) is 62.3 Å². The van der Waals surface area contributed by atoms with E-state index in [0.29, 0.717) is 64.1 Å². The van der Waals surface area contributed by atoms with Crippen molar-refractivity contribution in [1.29, 1.82) is 5.26 Å². The summed E-state index contributed by atoms with van der Waals surface area (Å²) in [7, 11) is -12.2. The highest BCUT2D eigenvalue weighted by atomic mass is 32.2. The third kappa shape index (κ3) is 28.3. The van der Waals surface area contributed by atoms with Crippen molar-refractivity contribution in [2.75, 3.05) is 52.9 Å². The lowest BCUT2D eigenvalue weighted by atomic mass is 10.1. The Hall–Kier alpha value is -11.6. The molecule has 0 amide bonds. The Labute approximate surface area is 798 Å². The molecular formula is C99H117F4N19O11S4. The van der Waals surface area contributed by atoms with Gasteiger partial charge < -0.3 is 14.2 Å². The maximum atomic E-state index is 15.1. The Morgan fingerprint density at radius 3 is 1.18 bits per heavy atom. The van der Waals surface area contributed by atoms with E-state index in [9.17, 15) is 43.3 Å². The van der Waals surface area contributed by atoms with E-state index in [2.05, 4.69) is 74.2 Å². The Balaban J connectivity index is 0.000000154. The third-order valence-corrected chi connectivity index (χ3v) is 26.9. The van der Waals surface area contributed by atoms with E-state index >= 15 is 13.2 Å². The number of nitrogens with two attached hydrogens (primary N) is 4. The zero-order valence-corrected chi connectivity index (χ0v) is 81.6.